The molecule has 2 aliphatic carbocycles. The fourth-order valence-electron chi connectivity index (χ4n) is 5.39. The molecule has 7 rings (SSSR count). The lowest BCUT2D eigenvalue weighted by Crippen LogP contribution is -2.39. The van der Waals surface area contributed by atoms with E-state index in [0.717, 1.165) is 37.8 Å². The SMILES string of the molecule is C[C@@H]1c2ccccc2CCN1C(=O)c1cc(C2CC2)n2nc(-c3ccc(NC(=O)OC4CC4)cc3F)cc2n1. The molecule has 0 saturated heterocycles. The molecule has 2 aromatic heterocycles. The van der Waals surface area contributed by atoms with Crippen molar-refractivity contribution in [3.63, 3.8) is 0 Å². The first kappa shape index (κ1) is 23.8. The number of aromatic nitrogens is 3. The van der Waals surface area contributed by atoms with E-state index in [1.54, 1.807) is 22.7 Å². The molecule has 9 heteroatoms. The summed E-state index contributed by atoms with van der Waals surface area (Å²) in [6, 6.07) is 16.2. The second-order valence-electron chi connectivity index (χ2n) is 10.7. The Balaban J connectivity index is 1.19. The number of fused-ring (bicyclic) bond motifs is 2. The molecule has 39 heavy (non-hydrogen) atoms. The van der Waals surface area contributed by atoms with E-state index in [4.69, 9.17) is 9.72 Å². The number of nitrogens with one attached hydrogen (secondary N) is 1. The highest BCUT2D eigenvalue weighted by molar-refractivity contribution is 5.93. The summed E-state index contributed by atoms with van der Waals surface area (Å²) in [6.45, 7) is 2.69. The monoisotopic (exact) mass is 525 g/mol. The predicted molar refractivity (Wildman–Crippen MR) is 143 cm³/mol. The highest BCUT2D eigenvalue weighted by atomic mass is 19.1. The van der Waals surface area contributed by atoms with Gasteiger partial charge in [-0.05, 0) is 74.4 Å². The average Bonchev–Trinajstić information content (AvgIpc) is 3.87. The van der Waals surface area contributed by atoms with Crippen LogP contribution >= 0.6 is 0 Å². The quantitative estimate of drug-likeness (QED) is 0.351. The molecule has 2 amide bonds. The molecule has 0 bridgehead atoms. The summed E-state index contributed by atoms with van der Waals surface area (Å²) in [6.07, 6.45) is 3.95. The van der Waals surface area contributed by atoms with Crippen molar-refractivity contribution in [2.75, 3.05) is 11.9 Å². The third kappa shape index (κ3) is 4.51. The van der Waals surface area contributed by atoms with E-state index >= 15 is 4.39 Å². The Morgan fingerprint density at radius 3 is 2.64 bits per heavy atom. The van der Waals surface area contributed by atoms with Gasteiger partial charge in [0.25, 0.3) is 5.91 Å². The third-order valence-electron chi connectivity index (χ3n) is 7.81. The minimum atomic E-state index is -0.584. The Hall–Kier alpha value is -4.27. The van der Waals surface area contributed by atoms with Crippen LogP contribution in [0.15, 0.2) is 54.6 Å². The Labute approximate surface area is 224 Å². The lowest BCUT2D eigenvalue weighted by atomic mass is 9.93. The van der Waals surface area contributed by atoms with Crippen LogP contribution in [0.1, 0.15) is 71.9 Å². The molecule has 4 aromatic rings. The van der Waals surface area contributed by atoms with Crippen LogP contribution in [0.5, 0.6) is 0 Å². The van der Waals surface area contributed by atoms with Crippen LogP contribution in [0, 0.1) is 5.82 Å². The first-order valence-corrected chi connectivity index (χ1v) is 13.5. The van der Waals surface area contributed by atoms with Crippen LogP contribution < -0.4 is 5.32 Å². The van der Waals surface area contributed by atoms with E-state index in [9.17, 15) is 9.59 Å². The summed E-state index contributed by atoms with van der Waals surface area (Å²) in [4.78, 5) is 32.2. The lowest BCUT2D eigenvalue weighted by Gasteiger charge is -2.35. The summed E-state index contributed by atoms with van der Waals surface area (Å²) >= 11 is 0. The van der Waals surface area contributed by atoms with Crippen LogP contribution in [0.3, 0.4) is 0 Å². The number of ether oxygens (including phenoxy) is 1. The number of benzene rings is 2. The molecular weight excluding hydrogens is 497 g/mol. The Morgan fingerprint density at radius 2 is 1.87 bits per heavy atom. The van der Waals surface area contributed by atoms with E-state index in [1.165, 1.54) is 17.2 Å². The van der Waals surface area contributed by atoms with E-state index in [-0.39, 0.29) is 23.6 Å². The van der Waals surface area contributed by atoms with Gasteiger partial charge < -0.3 is 9.64 Å². The molecule has 3 aliphatic rings. The number of carbonyl (C=O) groups excluding carboxylic acids is 2. The van der Waals surface area contributed by atoms with Crippen molar-refractivity contribution in [3.05, 3.63) is 82.9 Å². The van der Waals surface area contributed by atoms with Gasteiger partial charge in [0.1, 0.15) is 17.6 Å². The molecule has 1 N–H and O–H groups in total. The van der Waals surface area contributed by atoms with Gasteiger partial charge in [-0.2, -0.15) is 5.10 Å². The fourth-order valence-corrected chi connectivity index (χ4v) is 5.39. The standard InChI is InChI=1S/C30H28FN5O3/c1-17-22-5-3-2-4-18(22)12-13-35(17)29(37)26-15-27(19-6-7-19)36-28(33-26)16-25(34-36)23-11-8-20(14-24(23)31)32-30(38)39-21-9-10-21/h2-5,8,11,14-17,19,21H,6-7,9-10,12-13H2,1H3,(H,32,38)/t17-/m1/s1. The highest BCUT2D eigenvalue weighted by Gasteiger charge is 2.32. The Kier molecular flexibility index (Phi) is 5.61. The first-order valence-electron chi connectivity index (χ1n) is 13.5. The number of nitrogens with zero attached hydrogens (tertiary/aromatic N) is 4. The molecule has 0 unspecified atom stereocenters. The van der Waals surface area contributed by atoms with E-state index in [2.05, 4.69) is 29.5 Å². The van der Waals surface area contributed by atoms with Gasteiger partial charge in [-0.25, -0.2) is 18.7 Å². The minimum Gasteiger partial charge on any atom is -0.446 e. The van der Waals surface area contributed by atoms with Crippen molar-refractivity contribution in [1.29, 1.82) is 0 Å². The number of hydrogen-bond acceptors (Lipinski definition) is 5. The molecule has 8 nitrogen and oxygen atoms in total. The fraction of sp³-hybridized carbons (Fsp3) is 0.333. The Morgan fingerprint density at radius 1 is 1.05 bits per heavy atom. The van der Waals surface area contributed by atoms with Gasteiger partial charge in [-0.15, -0.1) is 0 Å². The topological polar surface area (TPSA) is 88.8 Å². The number of amides is 2. The predicted octanol–water partition coefficient (Wildman–Crippen LogP) is 5.88. The van der Waals surface area contributed by atoms with Gasteiger partial charge >= 0.3 is 6.09 Å². The summed E-state index contributed by atoms with van der Waals surface area (Å²) < 4.78 is 22.1. The maximum Gasteiger partial charge on any atom is 0.411 e. The molecule has 0 radical (unpaired) electrons. The van der Waals surface area contributed by atoms with Gasteiger partial charge in [0.05, 0.1) is 11.7 Å². The van der Waals surface area contributed by atoms with Crippen molar-refractivity contribution in [3.8, 4) is 11.3 Å². The maximum absolute atomic E-state index is 15.2. The van der Waals surface area contributed by atoms with Crippen LogP contribution in [-0.4, -0.2) is 44.1 Å². The molecule has 1 atom stereocenters. The molecule has 2 fully saturated rings. The summed E-state index contributed by atoms with van der Waals surface area (Å²) in [5.41, 5.74) is 5.28. The average molecular weight is 526 g/mol. The summed E-state index contributed by atoms with van der Waals surface area (Å²) in [7, 11) is 0. The molecule has 3 heterocycles. The van der Waals surface area contributed by atoms with Gasteiger partial charge in [0, 0.05) is 35.5 Å². The Bertz CT molecular complexity index is 1620. The van der Waals surface area contributed by atoms with Gasteiger partial charge in [-0.3, -0.25) is 10.1 Å². The third-order valence-corrected chi connectivity index (χ3v) is 7.81. The lowest BCUT2D eigenvalue weighted by molar-refractivity contribution is 0.0671. The van der Waals surface area contributed by atoms with Crippen LogP contribution in [0.2, 0.25) is 0 Å². The van der Waals surface area contributed by atoms with Crippen LogP contribution in [-0.2, 0) is 11.2 Å². The number of anilines is 1. The molecule has 2 aromatic carbocycles. The van der Waals surface area contributed by atoms with Crippen molar-refractivity contribution in [2.45, 2.75) is 57.1 Å². The summed E-state index contributed by atoms with van der Waals surface area (Å²) in [5.74, 6) is -0.334. The van der Waals surface area contributed by atoms with Crippen molar-refractivity contribution in [2.24, 2.45) is 0 Å². The second-order valence-corrected chi connectivity index (χ2v) is 10.7. The highest BCUT2D eigenvalue weighted by Crippen LogP contribution is 2.41. The molecule has 2 saturated carbocycles. The van der Waals surface area contributed by atoms with E-state index in [1.807, 2.05) is 23.1 Å². The zero-order valence-electron chi connectivity index (χ0n) is 21.6. The first-order chi connectivity index (χ1) is 18.9. The van der Waals surface area contributed by atoms with E-state index < -0.39 is 11.9 Å². The molecule has 198 valence electrons. The van der Waals surface area contributed by atoms with Gasteiger partial charge in [0.15, 0.2) is 5.65 Å². The number of carbonyl (C=O) groups is 2. The number of hydrogen-bond donors (Lipinski definition) is 1. The zero-order chi connectivity index (χ0) is 26.7. The zero-order valence-corrected chi connectivity index (χ0v) is 21.6. The normalized spacial score (nSPS) is 18.6. The molecule has 1 aliphatic heterocycles. The smallest absolute Gasteiger partial charge is 0.411 e. The van der Waals surface area contributed by atoms with Crippen LogP contribution in [0.25, 0.3) is 16.9 Å². The second kappa shape index (κ2) is 9.18. The van der Waals surface area contributed by atoms with Crippen molar-refractivity contribution >= 4 is 23.3 Å². The largest absolute Gasteiger partial charge is 0.446 e. The summed E-state index contributed by atoms with van der Waals surface area (Å²) in [5, 5.41) is 7.25. The maximum atomic E-state index is 15.2. The van der Waals surface area contributed by atoms with Crippen LogP contribution in [0.4, 0.5) is 14.9 Å². The van der Waals surface area contributed by atoms with Crippen molar-refractivity contribution < 1.29 is 18.7 Å². The number of rotatable bonds is 5. The number of halogens is 1. The van der Waals surface area contributed by atoms with Gasteiger partial charge in [0.2, 0.25) is 0 Å². The molecular formula is C30H28FN5O3. The molecule has 0 spiro atoms. The van der Waals surface area contributed by atoms with E-state index in [0.29, 0.717) is 35.2 Å². The minimum absolute atomic E-state index is 0.0361. The van der Waals surface area contributed by atoms with Gasteiger partial charge in [-0.1, -0.05) is 24.3 Å². The van der Waals surface area contributed by atoms with Crippen molar-refractivity contribution in [1.82, 2.24) is 19.5 Å².